The lowest BCUT2D eigenvalue weighted by atomic mass is 10.0. The summed E-state index contributed by atoms with van der Waals surface area (Å²) in [6, 6.07) is 0. The molecule has 33 heavy (non-hydrogen) atoms. The number of hydrogen-bond donors (Lipinski definition) is 2. The van der Waals surface area contributed by atoms with Crippen LogP contribution in [0.4, 0.5) is 0 Å². The van der Waals surface area contributed by atoms with Gasteiger partial charge in [-0.2, -0.15) is 0 Å². The van der Waals surface area contributed by atoms with Crippen molar-refractivity contribution in [3.05, 3.63) is 12.2 Å². The second kappa shape index (κ2) is 20.0. The third kappa shape index (κ3) is 23.6. The Morgan fingerprint density at radius 1 is 0.818 bits per heavy atom. The summed E-state index contributed by atoms with van der Waals surface area (Å²) in [6.45, 7) is 2.66. The van der Waals surface area contributed by atoms with Crippen molar-refractivity contribution in [2.45, 2.75) is 122 Å². The van der Waals surface area contributed by atoms with Gasteiger partial charge >= 0.3 is 11.9 Å². The maximum absolute atomic E-state index is 12.1. The van der Waals surface area contributed by atoms with Crippen molar-refractivity contribution in [2.24, 2.45) is 0 Å². The number of unbranched alkanes of at least 4 members (excludes halogenated alkanes) is 11. The van der Waals surface area contributed by atoms with Crippen LogP contribution in [0.2, 0.25) is 0 Å². The predicted molar refractivity (Wildman–Crippen MR) is 135 cm³/mol. The van der Waals surface area contributed by atoms with Crippen molar-refractivity contribution in [1.82, 2.24) is 0 Å². The first-order chi connectivity index (χ1) is 15.6. The lowest BCUT2D eigenvalue weighted by Crippen LogP contribution is -2.44. The smallest absolute Gasteiger partial charge is 0.308 e. The van der Waals surface area contributed by atoms with E-state index >= 15 is 0 Å². The Balaban J connectivity index is 3.72. The fourth-order valence-corrected chi connectivity index (χ4v) is 3.93. The number of esters is 1. The molecule has 0 heterocycles. The zero-order chi connectivity index (χ0) is 25.0. The minimum Gasteiger partial charge on any atom is -0.481 e. The summed E-state index contributed by atoms with van der Waals surface area (Å²) in [5.74, 6) is -1.51. The average molecular weight is 471 g/mol. The van der Waals surface area contributed by atoms with E-state index < -0.39 is 24.1 Å². The topological polar surface area (TPSA) is 83.8 Å². The Morgan fingerprint density at radius 2 is 1.33 bits per heavy atom. The molecule has 0 aromatic heterocycles. The number of carboxylic acid groups (broad SMARTS) is 1. The highest BCUT2D eigenvalue weighted by molar-refractivity contribution is 5.71. The molecule has 0 aliphatic heterocycles. The molecule has 0 amide bonds. The van der Waals surface area contributed by atoms with Gasteiger partial charge in [0.2, 0.25) is 0 Å². The van der Waals surface area contributed by atoms with Crippen LogP contribution in [0.1, 0.15) is 110 Å². The number of quaternary nitrogens is 1. The van der Waals surface area contributed by atoms with E-state index in [1.54, 1.807) is 0 Å². The van der Waals surface area contributed by atoms with Crippen LogP contribution < -0.4 is 0 Å². The summed E-state index contributed by atoms with van der Waals surface area (Å²) >= 11 is 0. The highest BCUT2D eigenvalue weighted by Gasteiger charge is 2.25. The van der Waals surface area contributed by atoms with E-state index in [0.29, 0.717) is 17.4 Å². The van der Waals surface area contributed by atoms with Crippen molar-refractivity contribution >= 4 is 11.9 Å². The largest absolute Gasteiger partial charge is 0.481 e. The maximum Gasteiger partial charge on any atom is 0.308 e. The predicted octanol–water partition coefficient (Wildman–Crippen LogP) is 5.87. The van der Waals surface area contributed by atoms with Crippen molar-refractivity contribution in [2.75, 3.05) is 27.7 Å². The van der Waals surface area contributed by atoms with Gasteiger partial charge in [-0.1, -0.05) is 76.9 Å². The van der Waals surface area contributed by atoms with Gasteiger partial charge in [0.05, 0.1) is 40.1 Å². The zero-order valence-corrected chi connectivity index (χ0v) is 21.9. The van der Waals surface area contributed by atoms with Crippen LogP contribution in [0.3, 0.4) is 0 Å². The van der Waals surface area contributed by atoms with Crippen LogP contribution in [0.5, 0.6) is 0 Å². The van der Waals surface area contributed by atoms with E-state index in [1.165, 1.54) is 64.2 Å². The Kier molecular flexibility index (Phi) is 19.2. The lowest BCUT2D eigenvalue weighted by molar-refractivity contribution is -0.873. The molecule has 0 aliphatic carbocycles. The number of carbonyl (C=O) groups is 2. The van der Waals surface area contributed by atoms with Crippen molar-refractivity contribution in [3.8, 4) is 0 Å². The molecule has 0 fully saturated rings. The molecule has 0 radical (unpaired) electrons. The molecule has 6 nitrogen and oxygen atoms in total. The molecule has 0 saturated carbocycles. The maximum atomic E-state index is 12.1. The first-order valence-corrected chi connectivity index (χ1v) is 13.2. The van der Waals surface area contributed by atoms with Gasteiger partial charge in [-0.3, -0.25) is 9.59 Å². The molecule has 0 spiro atoms. The number of ether oxygens (including phenoxy) is 1. The molecule has 0 aromatic rings. The molecule has 0 bridgehead atoms. The van der Waals surface area contributed by atoms with E-state index in [1.807, 2.05) is 21.1 Å². The van der Waals surface area contributed by atoms with Gasteiger partial charge < -0.3 is 19.4 Å². The number of allylic oxidation sites excluding steroid dienone is 2. The van der Waals surface area contributed by atoms with E-state index in [0.717, 1.165) is 19.3 Å². The number of carboxylic acids is 1. The van der Waals surface area contributed by atoms with Gasteiger partial charge in [-0.25, -0.2) is 0 Å². The molecular formula is C27H52NO5+. The third-order valence-electron chi connectivity index (χ3n) is 5.65. The molecule has 0 aromatic carbocycles. The first kappa shape index (κ1) is 31.6. The van der Waals surface area contributed by atoms with Crippen molar-refractivity contribution in [3.63, 3.8) is 0 Å². The molecular weight excluding hydrogens is 418 g/mol. The van der Waals surface area contributed by atoms with Crippen LogP contribution in [-0.2, 0) is 14.3 Å². The van der Waals surface area contributed by atoms with Gasteiger partial charge in [-0.15, -0.1) is 0 Å². The van der Waals surface area contributed by atoms with Crippen LogP contribution in [0.15, 0.2) is 12.2 Å². The normalized spacial score (nSPS) is 13.8. The summed E-state index contributed by atoms with van der Waals surface area (Å²) in [5, 5.41) is 19.2. The molecule has 2 N–H and O–H groups in total. The van der Waals surface area contributed by atoms with Gasteiger partial charge in [0.1, 0.15) is 6.54 Å². The van der Waals surface area contributed by atoms with Crippen LogP contribution in [0, 0.1) is 0 Å². The summed E-state index contributed by atoms with van der Waals surface area (Å²) in [6.07, 6.45) is 19.5. The Hall–Kier alpha value is -1.40. The number of aliphatic hydroxyl groups excluding tert-OH is 1. The first-order valence-electron chi connectivity index (χ1n) is 13.2. The van der Waals surface area contributed by atoms with Crippen LogP contribution >= 0.6 is 0 Å². The van der Waals surface area contributed by atoms with Crippen LogP contribution in [-0.4, -0.2) is 66.5 Å². The standard InChI is InChI=1S/C27H51NO5/c1-5-6-7-8-9-10-11-12-13-14-15-16-17-18-19-20-24(29)21-27(32)33-25(22-26(30)31)23-28(2,3)4/h10-11,24-25,29H,5-9,12-23H2,1-4H3/p+1/b11-10+. The minimum atomic E-state index is -0.990. The summed E-state index contributed by atoms with van der Waals surface area (Å²) in [5.41, 5.74) is 0. The Bertz CT molecular complexity index is 527. The van der Waals surface area contributed by atoms with Crippen molar-refractivity contribution in [1.29, 1.82) is 0 Å². The fourth-order valence-electron chi connectivity index (χ4n) is 3.93. The van der Waals surface area contributed by atoms with E-state index in [-0.39, 0.29) is 12.8 Å². The number of carbonyl (C=O) groups excluding carboxylic acids is 1. The number of aliphatic carboxylic acids is 1. The number of hydrogen-bond acceptors (Lipinski definition) is 4. The zero-order valence-electron chi connectivity index (χ0n) is 21.9. The molecule has 6 heteroatoms. The second-order valence-electron chi connectivity index (χ2n) is 10.4. The molecule has 0 rings (SSSR count). The summed E-state index contributed by atoms with van der Waals surface area (Å²) in [7, 11) is 5.77. The molecule has 0 saturated heterocycles. The van der Waals surface area contributed by atoms with Gasteiger partial charge in [0.15, 0.2) is 6.10 Å². The summed E-state index contributed by atoms with van der Waals surface area (Å²) < 4.78 is 5.84. The van der Waals surface area contributed by atoms with Crippen molar-refractivity contribution < 1.29 is 29.0 Å². The van der Waals surface area contributed by atoms with E-state index in [4.69, 9.17) is 9.84 Å². The van der Waals surface area contributed by atoms with Gasteiger partial charge in [0, 0.05) is 0 Å². The third-order valence-corrected chi connectivity index (χ3v) is 5.65. The molecule has 194 valence electrons. The highest BCUT2D eigenvalue weighted by Crippen LogP contribution is 2.14. The van der Waals surface area contributed by atoms with Gasteiger partial charge in [0.25, 0.3) is 0 Å². The van der Waals surface area contributed by atoms with E-state index in [9.17, 15) is 14.7 Å². The van der Waals surface area contributed by atoms with Gasteiger partial charge in [-0.05, 0) is 32.1 Å². The molecule has 2 atom stereocenters. The Morgan fingerprint density at radius 3 is 1.85 bits per heavy atom. The average Bonchev–Trinajstić information content (AvgIpc) is 2.68. The number of nitrogens with zero attached hydrogens (tertiary/aromatic N) is 1. The Labute approximate surface area is 203 Å². The number of rotatable bonds is 22. The number of likely N-dealkylation sites (N-methyl/N-ethyl adjacent to an activating group) is 1. The number of aliphatic hydroxyl groups is 1. The highest BCUT2D eigenvalue weighted by atomic mass is 16.5. The monoisotopic (exact) mass is 470 g/mol. The summed E-state index contributed by atoms with van der Waals surface area (Å²) in [4.78, 5) is 23.1. The SMILES string of the molecule is CCCCCC/C=C/CCCCCCCCCC(O)CC(=O)OC(CC(=O)O)C[N+](C)(C)C. The lowest BCUT2D eigenvalue weighted by Gasteiger charge is -2.28. The molecule has 2 unspecified atom stereocenters. The van der Waals surface area contributed by atoms with E-state index in [2.05, 4.69) is 19.1 Å². The fraction of sp³-hybridized carbons (Fsp3) is 0.852. The molecule has 0 aliphatic rings. The quantitative estimate of drug-likeness (QED) is 0.0895. The van der Waals surface area contributed by atoms with Crippen LogP contribution in [0.25, 0.3) is 0 Å². The minimum absolute atomic E-state index is 0.0701. The second-order valence-corrected chi connectivity index (χ2v) is 10.4.